The molecule has 0 saturated carbocycles. The van der Waals surface area contributed by atoms with Crippen molar-refractivity contribution in [1.82, 2.24) is 25.3 Å². The van der Waals surface area contributed by atoms with Crippen LogP contribution in [0.15, 0.2) is 30.3 Å². The van der Waals surface area contributed by atoms with E-state index in [4.69, 9.17) is 15.2 Å². The molecule has 1 aliphatic heterocycles. The number of nitrogens with zero attached hydrogens (tertiary/aromatic N) is 3. The van der Waals surface area contributed by atoms with Gasteiger partial charge in [0.2, 0.25) is 29.5 Å². The van der Waals surface area contributed by atoms with Crippen LogP contribution in [0.3, 0.4) is 0 Å². The van der Waals surface area contributed by atoms with Gasteiger partial charge in [-0.2, -0.15) is 0 Å². The molecule has 0 aromatic heterocycles. The van der Waals surface area contributed by atoms with Gasteiger partial charge in [0, 0.05) is 47.8 Å². The van der Waals surface area contributed by atoms with Crippen molar-refractivity contribution in [3.05, 3.63) is 35.9 Å². The molecule has 2 rings (SSSR count). The van der Waals surface area contributed by atoms with E-state index in [1.54, 1.807) is 49.9 Å². The summed E-state index contributed by atoms with van der Waals surface area (Å²) in [4.78, 5) is 71.4. The molecule has 5 amide bonds. The molecule has 56 heavy (non-hydrogen) atoms. The first-order valence-corrected chi connectivity index (χ1v) is 20.3. The average Bonchev–Trinajstić information content (AvgIpc) is 3.66. The van der Waals surface area contributed by atoms with Crippen LogP contribution >= 0.6 is 0 Å². The molecule has 14 heteroatoms. The van der Waals surface area contributed by atoms with Gasteiger partial charge >= 0.3 is 0 Å². The average molecular weight is 791 g/mol. The zero-order chi connectivity index (χ0) is 42.7. The fraction of sp³-hybridized carbons (Fsp3) is 0.738. The Kier molecular flexibility index (Phi) is 23.1. The van der Waals surface area contributed by atoms with Gasteiger partial charge in [-0.1, -0.05) is 91.6 Å². The summed E-state index contributed by atoms with van der Waals surface area (Å²) in [6, 6.07) is 6.95. The number of likely N-dealkylation sites (N-methyl/N-ethyl adjacent to an activating group) is 2. The first kappa shape index (κ1) is 50.4. The first-order chi connectivity index (χ1) is 26.5. The van der Waals surface area contributed by atoms with Crippen molar-refractivity contribution in [2.24, 2.45) is 23.5 Å². The number of rotatable bonds is 21. The molecule has 9 atom stereocenters. The minimum Gasteiger partial charge on any atom is -0.386 e. The Bertz CT molecular complexity index is 1350. The number of aliphatic hydroxyl groups is 1. The van der Waals surface area contributed by atoms with E-state index in [2.05, 4.69) is 24.5 Å². The second-order valence-corrected chi connectivity index (χ2v) is 15.5. The lowest BCUT2D eigenvalue weighted by Crippen LogP contribution is -2.56. The SMILES string of the molecule is CCC.CC[C@H](C)C(C(CC(=O)N1CCCC1C(OC)C(C)C(=O)NC(C)C(O)c1ccccc1)OC)N(C)C(=O)CNC(=O)C(C(C)C)N(C)C(=O)CCN. The molecule has 0 aliphatic carbocycles. The van der Waals surface area contributed by atoms with Crippen LogP contribution in [0.25, 0.3) is 0 Å². The smallest absolute Gasteiger partial charge is 0.243 e. The number of methoxy groups -OCH3 is 2. The fourth-order valence-electron chi connectivity index (χ4n) is 7.47. The van der Waals surface area contributed by atoms with Gasteiger partial charge in [0.25, 0.3) is 0 Å². The highest BCUT2D eigenvalue weighted by molar-refractivity contribution is 5.90. The van der Waals surface area contributed by atoms with Crippen LogP contribution in [0.5, 0.6) is 0 Å². The van der Waals surface area contributed by atoms with E-state index in [1.165, 1.54) is 25.5 Å². The number of carbonyl (C=O) groups is 5. The lowest BCUT2D eigenvalue weighted by molar-refractivity contribution is -0.146. The highest BCUT2D eigenvalue weighted by Gasteiger charge is 2.42. The Balaban J connectivity index is 0.00000505. The fourth-order valence-corrected chi connectivity index (χ4v) is 7.47. The molecule has 0 spiro atoms. The van der Waals surface area contributed by atoms with Gasteiger partial charge in [-0.15, -0.1) is 0 Å². The Hall–Kier alpha value is -3.59. The van der Waals surface area contributed by atoms with Gasteiger partial charge < -0.3 is 45.6 Å². The van der Waals surface area contributed by atoms with Gasteiger partial charge in [0.05, 0.1) is 55.3 Å². The molecule has 5 N–H and O–H groups in total. The van der Waals surface area contributed by atoms with Crippen molar-refractivity contribution in [3.63, 3.8) is 0 Å². The molecule has 1 heterocycles. The largest absolute Gasteiger partial charge is 0.386 e. The monoisotopic (exact) mass is 791 g/mol. The number of nitrogens with one attached hydrogen (secondary N) is 2. The minimum atomic E-state index is -0.889. The lowest BCUT2D eigenvalue weighted by atomic mass is 9.90. The lowest BCUT2D eigenvalue weighted by Gasteiger charge is -2.39. The third-order valence-electron chi connectivity index (χ3n) is 10.8. The number of amides is 5. The second-order valence-electron chi connectivity index (χ2n) is 15.5. The summed E-state index contributed by atoms with van der Waals surface area (Å²) in [5, 5.41) is 16.4. The molecule has 1 aliphatic rings. The zero-order valence-corrected chi connectivity index (χ0v) is 36.2. The first-order valence-electron chi connectivity index (χ1n) is 20.3. The highest BCUT2D eigenvalue weighted by atomic mass is 16.5. The van der Waals surface area contributed by atoms with Crippen LogP contribution in [-0.2, 0) is 33.4 Å². The van der Waals surface area contributed by atoms with Crippen molar-refractivity contribution >= 4 is 29.5 Å². The maximum absolute atomic E-state index is 14.0. The molecule has 1 saturated heterocycles. The predicted molar refractivity (Wildman–Crippen MR) is 219 cm³/mol. The summed E-state index contributed by atoms with van der Waals surface area (Å²) in [5.41, 5.74) is 6.24. The van der Waals surface area contributed by atoms with Gasteiger partial charge in [0.1, 0.15) is 6.04 Å². The van der Waals surface area contributed by atoms with Crippen molar-refractivity contribution in [1.29, 1.82) is 0 Å². The maximum atomic E-state index is 14.0. The molecule has 320 valence electrons. The van der Waals surface area contributed by atoms with Crippen LogP contribution in [-0.4, -0.2) is 134 Å². The number of carbonyl (C=O) groups excluding carboxylic acids is 5. The molecule has 14 nitrogen and oxygen atoms in total. The molecule has 0 radical (unpaired) electrons. The summed E-state index contributed by atoms with van der Waals surface area (Å²) in [7, 11) is 6.26. The highest BCUT2D eigenvalue weighted by Crippen LogP contribution is 2.29. The number of likely N-dealkylation sites (tertiary alicyclic amines) is 1. The van der Waals surface area contributed by atoms with Gasteiger partial charge in [-0.25, -0.2) is 0 Å². The molecular formula is C42H74N6O8. The topological polar surface area (TPSA) is 184 Å². The molecule has 1 aromatic carbocycles. The number of benzene rings is 1. The Morgan fingerprint density at radius 1 is 0.929 bits per heavy atom. The van der Waals surface area contributed by atoms with Crippen molar-refractivity contribution in [2.75, 3.05) is 47.9 Å². The predicted octanol–water partition coefficient (Wildman–Crippen LogP) is 3.51. The number of hydrogen-bond acceptors (Lipinski definition) is 9. The van der Waals surface area contributed by atoms with Crippen LogP contribution < -0.4 is 16.4 Å². The summed E-state index contributed by atoms with van der Waals surface area (Å²) in [6.07, 6.45) is 1.30. The quantitative estimate of drug-likeness (QED) is 0.145. The minimum absolute atomic E-state index is 0.00717. The standard InChI is InChI=1S/C39H66N6O8.C3H8/c1-11-25(4)35(44(8)33(48)23-41-39(51)34(24(2)3)43(7)31(46)19-20-40)30(52-9)22-32(47)45-21-15-18-29(45)37(53-10)26(5)38(50)42-27(6)36(49)28-16-13-12-14-17-28;1-3-2/h12-14,16-17,24-27,29-30,34-37,49H,11,15,18-23,40H2,1-10H3,(H,41,51)(H,42,50);3H2,1-2H3/t25-,26?,27?,29?,30?,34?,35?,36?,37?;/m0./s1. The Labute approximate surface area is 336 Å². The van der Waals surface area contributed by atoms with Crippen LogP contribution in [0, 0.1) is 17.8 Å². The van der Waals surface area contributed by atoms with E-state index >= 15 is 0 Å². The number of ether oxygens (including phenoxy) is 2. The van der Waals surface area contributed by atoms with E-state index < -0.39 is 48.3 Å². The van der Waals surface area contributed by atoms with Crippen molar-refractivity contribution < 1.29 is 38.6 Å². The summed E-state index contributed by atoms with van der Waals surface area (Å²) >= 11 is 0. The van der Waals surface area contributed by atoms with Crippen LogP contribution in [0.4, 0.5) is 0 Å². The van der Waals surface area contributed by atoms with Crippen molar-refractivity contribution in [3.8, 4) is 0 Å². The summed E-state index contributed by atoms with van der Waals surface area (Å²) in [6.45, 7) is 15.8. The van der Waals surface area contributed by atoms with E-state index in [0.29, 0.717) is 24.9 Å². The molecule has 1 fully saturated rings. The van der Waals surface area contributed by atoms with E-state index in [1.807, 2.05) is 45.9 Å². The van der Waals surface area contributed by atoms with Gasteiger partial charge in [0.15, 0.2) is 0 Å². The maximum Gasteiger partial charge on any atom is 0.243 e. The molecule has 0 bridgehead atoms. The summed E-state index contributed by atoms with van der Waals surface area (Å²) in [5.74, 6) is -2.39. The third kappa shape index (κ3) is 14.4. The number of hydrogen-bond donors (Lipinski definition) is 4. The van der Waals surface area contributed by atoms with E-state index in [0.717, 1.165) is 6.42 Å². The van der Waals surface area contributed by atoms with Gasteiger partial charge in [-0.05, 0) is 37.2 Å². The Morgan fingerprint density at radius 3 is 2.05 bits per heavy atom. The van der Waals surface area contributed by atoms with Crippen LogP contribution in [0.1, 0.15) is 106 Å². The number of nitrogens with two attached hydrogens (primary N) is 1. The summed E-state index contributed by atoms with van der Waals surface area (Å²) < 4.78 is 11.8. The normalized spacial score (nSPS) is 18.3. The Morgan fingerprint density at radius 2 is 1.54 bits per heavy atom. The second kappa shape index (κ2) is 25.6. The van der Waals surface area contributed by atoms with E-state index in [-0.39, 0.29) is 67.4 Å². The van der Waals surface area contributed by atoms with E-state index in [9.17, 15) is 29.1 Å². The van der Waals surface area contributed by atoms with Crippen LogP contribution in [0.2, 0.25) is 0 Å². The zero-order valence-electron chi connectivity index (χ0n) is 36.2. The van der Waals surface area contributed by atoms with Crippen molar-refractivity contribution in [2.45, 2.75) is 136 Å². The third-order valence-corrected chi connectivity index (χ3v) is 10.8. The molecule has 8 unspecified atom stereocenters. The molecule has 1 aromatic rings. The van der Waals surface area contributed by atoms with Gasteiger partial charge in [-0.3, -0.25) is 24.0 Å². The number of aliphatic hydroxyl groups excluding tert-OH is 1. The molecular weight excluding hydrogens is 716 g/mol.